The minimum atomic E-state index is -4.39. The fourth-order valence-electron chi connectivity index (χ4n) is 2.97. The summed E-state index contributed by atoms with van der Waals surface area (Å²) in [4.78, 5) is 10.1. The minimum absolute atomic E-state index is 0.0725. The molecule has 2 N–H and O–H groups in total. The Morgan fingerprint density at radius 2 is 1.92 bits per heavy atom. The molecule has 0 saturated carbocycles. The molecule has 9 heteroatoms. The highest BCUT2D eigenvalue weighted by Gasteiger charge is 2.35. The zero-order valence-electron chi connectivity index (χ0n) is 13.7. The van der Waals surface area contributed by atoms with Crippen molar-refractivity contribution in [2.24, 2.45) is 0 Å². The molecule has 0 bridgehead atoms. The van der Waals surface area contributed by atoms with Crippen molar-refractivity contribution < 1.29 is 28.1 Å². The number of aliphatic hydroxyl groups excluding tert-OH is 2. The lowest BCUT2D eigenvalue weighted by Gasteiger charge is -2.26. The second-order valence-corrected chi connectivity index (χ2v) is 5.97. The van der Waals surface area contributed by atoms with Crippen LogP contribution in [0.25, 0.3) is 0 Å². The molecule has 3 rings (SSSR count). The first-order chi connectivity index (χ1) is 12.4. The van der Waals surface area contributed by atoms with E-state index in [2.05, 4.69) is 9.97 Å². The third-order valence-corrected chi connectivity index (χ3v) is 4.14. The van der Waals surface area contributed by atoms with E-state index in [1.807, 2.05) is 0 Å². The Balaban J connectivity index is 1.85. The van der Waals surface area contributed by atoms with Crippen LogP contribution in [0.15, 0.2) is 36.7 Å². The van der Waals surface area contributed by atoms with E-state index in [0.29, 0.717) is 17.8 Å². The lowest BCUT2D eigenvalue weighted by Crippen LogP contribution is -2.25. The van der Waals surface area contributed by atoms with Crippen molar-refractivity contribution in [2.45, 2.75) is 24.7 Å². The van der Waals surface area contributed by atoms with E-state index < -0.39 is 17.8 Å². The normalized spacial score (nSPS) is 20.4. The zero-order chi connectivity index (χ0) is 18.7. The molecule has 1 aliphatic rings. The van der Waals surface area contributed by atoms with Crippen LogP contribution in [-0.4, -0.2) is 46.0 Å². The zero-order valence-corrected chi connectivity index (χ0v) is 13.7. The maximum absolute atomic E-state index is 12.7. The first-order valence-electron chi connectivity index (χ1n) is 8.06. The van der Waals surface area contributed by atoms with Gasteiger partial charge in [-0.3, -0.25) is 4.98 Å². The summed E-state index contributed by atoms with van der Waals surface area (Å²) in [6.07, 6.45) is -1.75. The number of ether oxygens (including phenoxy) is 1. The number of aliphatic hydroxyl groups is 2. The van der Waals surface area contributed by atoms with E-state index in [1.54, 1.807) is 4.90 Å². The summed E-state index contributed by atoms with van der Waals surface area (Å²) in [6, 6.07) is 4.57. The standard InChI is InChI=1S/C17H18F3N3O3/c18-17(19,20)12-3-1-11(2-4-12)14-7-13(25)10-23(14)15-8-21-9-16(22-15)26-6-5-24/h1-4,8-9,13-14,24-25H,5-7,10H2/t13-,14-/m1/s1. The van der Waals surface area contributed by atoms with Crippen molar-refractivity contribution in [1.29, 1.82) is 0 Å². The van der Waals surface area contributed by atoms with Gasteiger partial charge in [-0.1, -0.05) is 12.1 Å². The lowest BCUT2D eigenvalue weighted by atomic mass is 10.0. The number of hydrogen-bond acceptors (Lipinski definition) is 6. The number of rotatable bonds is 5. The molecule has 6 nitrogen and oxygen atoms in total. The Morgan fingerprint density at radius 1 is 1.19 bits per heavy atom. The second kappa shape index (κ2) is 7.46. The summed E-state index contributed by atoms with van der Waals surface area (Å²) in [7, 11) is 0. The Labute approximate surface area is 147 Å². The number of alkyl halides is 3. The van der Waals surface area contributed by atoms with Crippen molar-refractivity contribution in [3.63, 3.8) is 0 Å². The fourth-order valence-corrected chi connectivity index (χ4v) is 2.97. The van der Waals surface area contributed by atoms with Gasteiger partial charge in [0, 0.05) is 6.54 Å². The van der Waals surface area contributed by atoms with E-state index in [9.17, 15) is 18.3 Å². The van der Waals surface area contributed by atoms with Crippen molar-refractivity contribution in [3.05, 3.63) is 47.8 Å². The molecule has 0 aliphatic carbocycles. The average molecular weight is 369 g/mol. The van der Waals surface area contributed by atoms with Gasteiger partial charge in [-0.15, -0.1) is 0 Å². The Kier molecular flexibility index (Phi) is 5.28. The van der Waals surface area contributed by atoms with E-state index in [4.69, 9.17) is 9.84 Å². The van der Waals surface area contributed by atoms with Crippen LogP contribution < -0.4 is 9.64 Å². The molecule has 26 heavy (non-hydrogen) atoms. The molecule has 2 heterocycles. The smallest absolute Gasteiger partial charge is 0.416 e. The van der Waals surface area contributed by atoms with Gasteiger partial charge in [0.05, 0.1) is 36.7 Å². The highest BCUT2D eigenvalue weighted by molar-refractivity contribution is 5.44. The van der Waals surface area contributed by atoms with Crippen molar-refractivity contribution in [2.75, 3.05) is 24.7 Å². The van der Waals surface area contributed by atoms with Crippen LogP contribution in [0.4, 0.5) is 19.0 Å². The summed E-state index contributed by atoms with van der Waals surface area (Å²) in [5.41, 5.74) is -0.0661. The van der Waals surface area contributed by atoms with Crippen LogP contribution in [0, 0.1) is 0 Å². The van der Waals surface area contributed by atoms with Gasteiger partial charge in [0.2, 0.25) is 5.88 Å². The van der Waals surface area contributed by atoms with Crippen LogP contribution in [0.5, 0.6) is 5.88 Å². The fraction of sp³-hybridized carbons (Fsp3) is 0.412. The van der Waals surface area contributed by atoms with Gasteiger partial charge in [0.1, 0.15) is 6.61 Å². The van der Waals surface area contributed by atoms with Crippen molar-refractivity contribution in [1.82, 2.24) is 9.97 Å². The molecule has 1 saturated heterocycles. The van der Waals surface area contributed by atoms with Crippen molar-refractivity contribution >= 4 is 5.82 Å². The molecular formula is C17H18F3N3O3. The summed E-state index contributed by atoms with van der Waals surface area (Å²) >= 11 is 0. The first kappa shape index (κ1) is 18.4. The largest absolute Gasteiger partial charge is 0.474 e. The van der Waals surface area contributed by atoms with E-state index in [1.165, 1.54) is 24.5 Å². The highest BCUT2D eigenvalue weighted by atomic mass is 19.4. The van der Waals surface area contributed by atoms with E-state index in [0.717, 1.165) is 12.1 Å². The number of benzene rings is 1. The molecule has 140 valence electrons. The molecule has 1 aromatic heterocycles. The molecule has 1 aromatic carbocycles. The molecule has 0 radical (unpaired) electrons. The Morgan fingerprint density at radius 3 is 2.58 bits per heavy atom. The lowest BCUT2D eigenvalue weighted by molar-refractivity contribution is -0.137. The highest BCUT2D eigenvalue weighted by Crippen LogP contribution is 2.37. The molecule has 0 unspecified atom stereocenters. The molecule has 2 aromatic rings. The summed E-state index contributed by atoms with van der Waals surface area (Å²) in [6.45, 7) is 0.190. The molecule has 1 aliphatic heterocycles. The van der Waals surface area contributed by atoms with E-state index in [-0.39, 0.29) is 31.7 Å². The molecule has 0 amide bonds. The van der Waals surface area contributed by atoms with Gasteiger partial charge in [0.15, 0.2) is 5.82 Å². The SMILES string of the molecule is OCCOc1cncc(N2C[C@H](O)C[C@@H]2c2ccc(C(F)(F)F)cc2)n1. The average Bonchev–Trinajstić information content (AvgIpc) is 3.01. The van der Waals surface area contributed by atoms with Crippen LogP contribution >= 0.6 is 0 Å². The maximum Gasteiger partial charge on any atom is 0.416 e. The number of nitrogens with zero attached hydrogens (tertiary/aromatic N) is 3. The minimum Gasteiger partial charge on any atom is -0.474 e. The van der Waals surface area contributed by atoms with Gasteiger partial charge in [0.25, 0.3) is 0 Å². The maximum atomic E-state index is 12.7. The number of aromatic nitrogens is 2. The third kappa shape index (κ3) is 4.05. The van der Waals surface area contributed by atoms with Crippen LogP contribution in [0.1, 0.15) is 23.6 Å². The Hall–Kier alpha value is -2.39. The monoisotopic (exact) mass is 369 g/mol. The van der Waals surface area contributed by atoms with Crippen LogP contribution in [0.2, 0.25) is 0 Å². The van der Waals surface area contributed by atoms with Crippen LogP contribution in [-0.2, 0) is 6.18 Å². The van der Waals surface area contributed by atoms with Crippen LogP contribution in [0.3, 0.4) is 0 Å². The van der Waals surface area contributed by atoms with Gasteiger partial charge in [-0.05, 0) is 24.1 Å². The van der Waals surface area contributed by atoms with Crippen molar-refractivity contribution in [3.8, 4) is 5.88 Å². The summed E-state index contributed by atoms with van der Waals surface area (Å²) < 4.78 is 43.5. The summed E-state index contributed by atoms with van der Waals surface area (Å²) in [5.74, 6) is 0.672. The van der Waals surface area contributed by atoms with Gasteiger partial charge >= 0.3 is 6.18 Å². The van der Waals surface area contributed by atoms with Gasteiger partial charge in [-0.2, -0.15) is 18.2 Å². The predicted octanol–water partition coefficient (Wildman–Crippen LogP) is 2.18. The first-order valence-corrected chi connectivity index (χ1v) is 8.06. The third-order valence-electron chi connectivity index (χ3n) is 4.14. The summed E-state index contributed by atoms with van der Waals surface area (Å²) in [5, 5.41) is 18.9. The topological polar surface area (TPSA) is 78.7 Å². The molecular weight excluding hydrogens is 351 g/mol. The van der Waals surface area contributed by atoms with Gasteiger partial charge in [-0.25, -0.2) is 0 Å². The molecule has 2 atom stereocenters. The number of halogens is 3. The Bertz CT molecular complexity index is 740. The number of hydrogen-bond donors (Lipinski definition) is 2. The van der Waals surface area contributed by atoms with E-state index >= 15 is 0 Å². The second-order valence-electron chi connectivity index (χ2n) is 5.97. The predicted molar refractivity (Wildman–Crippen MR) is 86.8 cm³/mol. The van der Waals surface area contributed by atoms with Gasteiger partial charge < -0.3 is 19.8 Å². The quantitative estimate of drug-likeness (QED) is 0.841. The molecule has 0 spiro atoms. The number of β-amino-alcohol motifs (C(OH)–C–C–N with tert-alkyl or cyclic N) is 1. The number of anilines is 1. The molecule has 1 fully saturated rings.